The minimum Gasteiger partial charge on any atom is -0.507 e. The van der Waals surface area contributed by atoms with Crippen molar-refractivity contribution in [2.45, 2.75) is 25.2 Å². The molecule has 0 aliphatic heterocycles. The molecule has 4 rings (SSSR count). The largest absolute Gasteiger partial charge is 0.507 e. The molecule has 3 aromatic rings. The smallest absolute Gasteiger partial charge is 0.123 e. The van der Waals surface area contributed by atoms with E-state index in [1.165, 1.54) is 11.1 Å². The van der Waals surface area contributed by atoms with Crippen LogP contribution in [0, 0.1) is 0 Å². The van der Waals surface area contributed by atoms with Crippen molar-refractivity contribution in [1.29, 1.82) is 0 Å². The Labute approximate surface area is 129 Å². The zero-order chi connectivity index (χ0) is 14.9. The average Bonchev–Trinajstić information content (AvgIpc) is 3.18. The molecule has 110 valence electrons. The standard InChI is InChI=1S/C19H18N2O/c22-18-7-2-1-5-16(18)17-6-3-4-13-8-9-14(19(13)17)10-15-11-20-12-21-15/h1-7,11-12,14,22H,8-10H2,(H,20,21). The first kappa shape index (κ1) is 13.1. The van der Waals surface area contributed by atoms with Crippen LogP contribution in [0.1, 0.15) is 29.2 Å². The van der Waals surface area contributed by atoms with Gasteiger partial charge in [0.1, 0.15) is 5.75 Å². The van der Waals surface area contributed by atoms with Crippen molar-refractivity contribution in [1.82, 2.24) is 9.97 Å². The van der Waals surface area contributed by atoms with Crippen LogP contribution in [0.5, 0.6) is 5.75 Å². The lowest BCUT2D eigenvalue weighted by Gasteiger charge is -2.16. The molecule has 1 unspecified atom stereocenters. The number of fused-ring (bicyclic) bond motifs is 1. The van der Waals surface area contributed by atoms with Crippen LogP contribution in [0.15, 0.2) is 55.0 Å². The summed E-state index contributed by atoms with van der Waals surface area (Å²) in [5.74, 6) is 0.815. The van der Waals surface area contributed by atoms with Gasteiger partial charge in [0.2, 0.25) is 0 Å². The number of phenols is 1. The molecule has 1 aliphatic carbocycles. The third kappa shape index (κ3) is 2.19. The van der Waals surface area contributed by atoms with E-state index in [1.807, 2.05) is 24.4 Å². The number of phenolic OH excluding ortho intramolecular Hbond substituents is 1. The number of aryl methyl sites for hydroxylation is 1. The number of imidazole rings is 1. The molecule has 0 bridgehead atoms. The van der Waals surface area contributed by atoms with Gasteiger partial charge in [0, 0.05) is 11.8 Å². The number of rotatable bonds is 3. The molecule has 1 aliphatic rings. The number of nitrogens with zero attached hydrogens (tertiary/aromatic N) is 1. The summed E-state index contributed by atoms with van der Waals surface area (Å²) in [4.78, 5) is 7.40. The fourth-order valence-corrected chi connectivity index (χ4v) is 3.58. The predicted molar refractivity (Wildman–Crippen MR) is 86.9 cm³/mol. The minimum absolute atomic E-state index is 0.348. The molecule has 0 fully saturated rings. The molecular formula is C19H18N2O. The molecule has 0 spiro atoms. The van der Waals surface area contributed by atoms with Crippen molar-refractivity contribution in [2.24, 2.45) is 0 Å². The normalized spacial score (nSPS) is 16.6. The lowest BCUT2D eigenvalue weighted by molar-refractivity contribution is 0.477. The number of aromatic amines is 1. The van der Waals surface area contributed by atoms with Gasteiger partial charge < -0.3 is 10.1 Å². The molecule has 2 N–H and O–H groups in total. The van der Waals surface area contributed by atoms with Crippen LogP contribution in [0.3, 0.4) is 0 Å². The fourth-order valence-electron chi connectivity index (χ4n) is 3.58. The first-order valence-corrected chi connectivity index (χ1v) is 7.71. The highest BCUT2D eigenvalue weighted by atomic mass is 16.3. The van der Waals surface area contributed by atoms with Crippen LogP contribution in [0.4, 0.5) is 0 Å². The van der Waals surface area contributed by atoms with Crippen LogP contribution in [-0.2, 0) is 12.8 Å². The number of hydrogen-bond acceptors (Lipinski definition) is 2. The third-order valence-corrected chi connectivity index (χ3v) is 4.57. The zero-order valence-corrected chi connectivity index (χ0v) is 12.3. The Hall–Kier alpha value is -2.55. The van der Waals surface area contributed by atoms with Gasteiger partial charge in [0.25, 0.3) is 0 Å². The maximum Gasteiger partial charge on any atom is 0.123 e. The Balaban J connectivity index is 1.79. The zero-order valence-electron chi connectivity index (χ0n) is 12.3. The van der Waals surface area contributed by atoms with Gasteiger partial charge >= 0.3 is 0 Å². The van der Waals surface area contributed by atoms with E-state index in [-0.39, 0.29) is 0 Å². The summed E-state index contributed by atoms with van der Waals surface area (Å²) in [6.07, 6.45) is 6.90. The van der Waals surface area contributed by atoms with Crippen LogP contribution in [0.25, 0.3) is 11.1 Å². The molecule has 0 radical (unpaired) electrons. The molecule has 0 saturated heterocycles. The Morgan fingerprint density at radius 3 is 2.77 bits per heavy atom. The van der Waals surface area contributed by atoms with E-state index < -0.39 is 0 Å². The minimum atomic E-state index is 0.348. The maximum absolute atomic E-state index is 10.2. The topological polar surface area (TPSA) is 48.9 Å². The van der Waals surface area contributed by atoms with E-state index in [1.54, 1.807) is 12.4 Å². The number of benzene rings is 2. The summed E-state index contributed by atoms with van der Waals surface area (Å²) in [6, 6.07) is 14.0. The molecule has 1 aromatic heterocycles. The maximum atomic E-state index is 10.2. The Kier molecular flexibility index (Phi) is 3.19. The molecule has 0 saturated carbocycles. The molecule has 0 amide bonds. The molecule has 2 aromatic carbocycles. The number of hydrogen-bond donors (Lipinski definition) is 2. The Bertz CT molecular complexity index is 793. The quantitative estimate of drug-likeness (QED) is 0.764. The average molecular weight is 290 g/mol. The van der Waals surface area contributed by atoms with Crippen LogP contribution in [0.2, 0.25) is 0 Å². The van der Waals surface area contributed by atoms with Gasteiger partial charge in [-0.25, -0.2) is 4.98 Å². The monoisotopic (exact) mass is 290 g/mol. The number of aromatic nitrogens is 2. The second-order valence-corrected chi connectivity index (χ2v) is 5.90. The summed E-state index contributed by atoms with van der Waals surface area (Å²) < 4.78 is 0. The number of aromatic hydroxyl groups is 1. The van der Waals surface area contributed by atoms with Gasteiger partial charge in [-0.2, -0.15) is 0 Å². The molecule has 1 heterocycles. The summed E-state index contributed by atoms with van der Waals surface area (Å²) in [7, 11) is 0. The third-order valence-electron chi connectivity index (χ3n) is 4.57. The predicted octanol–water partition coefficient (Wildman–Crippen LogP) is 4.05. The Morgan fingerprint density at radius 1 is 1.09 bits per heavy atom. The summed E-state index contributed by atoms with van der Waals surface area (Å²) in [6.45, 7) is 0. The summed E-state index contributed by atoms with van der Waals surface area (Å²) >= 11 is 0. The molecule has 22 heavy (non-hydrogen) atoms. The van der Waals surface area contributed by atoms with Crippen molar-refractivity contribution in [3.63, 3.8) is 0 Å². The highest BCUT2D eigenvalue weighted by Crippen LogP contribution is 2.43. The van der Waals surface area contributed by atoms with Crippen molar-refractivity contribution >= 4 is 0 Å². The first-order chi connectivity index (χ1) is 10.8. The van der Waals surface area contributed by atoms with Gasteiger partial charge in [-0.05, 0) is 47.9 Å². The van der Waals surface area contributed by atoms with E-state index in [9.17, 15) is 5.11 Å². The van der Waals surface area contributed by atoms with E-state index in [4.69, 9.17) is 0 Å². The van der Waals surface area contributed by atoms with Crippen molar-refractivity contribution < 1.29 is 5.11 Å². The second kappa shape index (κ2) is 5.34. The fraction of sp³-hybridized carbons (Fsp3) is 0.211. The van der Waals surface area contributed by atoms with Gasteiger partial charge in [0.15, 0.2) is 0 Å². The van der Waals surface area contributed by atoms with Crippen LogP contribution >= 0.6 is 0 Å². The number of para-hydroxylation sites is 1. The highest BCUT2D eigenvalue weighted by molar-refractivity contribution is 5.75. The molecule has 3 heteroatoms. The van der Waals surface area contributed by atoms with E-state index >= 15 is 0 Å². The van der Waals surface area contributed by atoms with Crippen LogP contribution in [-0.4, -0.2) is 15.1 Å². The van der Waals surface area contributed by atoms with Gasteiger partial charge in [0.05, 0.1) is 12.0 Å². The lowest BCUT2D eigenvalue weighted by Crippen LogP contribution is -2.01. The highest BCUT2D eigenvalue weighted by Gasteiger charge is 2.27. The lowest BCUT2D eigenvalue weighted by atomic mass is 9.89. The molecular weight excluding hydrogens is 272 g/mol. The van der Waals surface area contributed by atoms with Crippen molar-refractivity contribution in [3.8, 4) is 16.9 Å². The van der Waals surface area contributed by atoms with Gasteiger partial charge in [-0.1, -0.05) is 36.4 Å². The van der Waals surface area contributed by atoms with Crippen molar-refractivity contribution in [2.75, 3.05) is 0 Å². The Morgan fingerprint density at radius 2 is 1.95 bits per heavy atom. The number of nitrogens with one attached hydrogen (secondary N) is 1. The molecule has 3 nitrogen and oxygen atoms in total. The summed E-state index contributed by atoms with van der Waals surface area (Å²) in [5, 5.41) is 10.2. The second-order valence-electron chi connectivity index (χ2n) is 5.90. The van der Waals surface area contributed by atoms with Gasteiger partial charge in [-0.3, -0.25) is 0 Å². The first-order valence-electron chi connectivity index (χ1n) is 7.71. The van der Waals surface area contributed by atoms with Crippen LogP contribution < -0.4 is 0 Å². The SMILES string of the molecule is Oc1ccccc1-c1cccc2c1C(Cc1c[nH]cn1)CC2. The van der Waals surface area contributed by atoms with E-state index in [0.717, 1.165) is 36.1 Å². The van der Waals surface area contributed by atoms with E-state index in [0.29, 0.717) is 11.7 Å². The molecule has 1 atom stereocenters. The summed E-state index contributed by atoms with van der Waals surface area (Å²) in [5.41, 5.74) is 5.97. The number of H-pyrrole nitrogens is 1. The van der Waals surface area contributed by atoms with Gasteiger partial charge in [-0.15, -0.1) is 0 Å². The van der Waals surface area contributed by atoms with Crippen molar-refractivity contribution in [3.05, 3.63) is 71.8 Å². The van der Waals surface area contributed by atoms with E-state index in [2.05, 4.69) is 28.2 Å².